The molecule has 4 nitrogen and oxygen atoms in total. The third-order valence-electron chi connectivity index (χ3n) is 4.69. The smallest absolute Gasteiger partial charge is 0.237 e. The van der Waals surface area contributed by atoms with E-state index in [0.717, 1.165) is 30.5 Å². The van der Waals surface area contributed by atoms with E-state index in [9.17, 15) is 9.18 Å². The van der Waals surface area contributed by atoms with Crippen LogP contribution in [-0.2, 0) is 11.3 Å². The second kappa shape index (κ2) is 11.2. The van der Waals surface area contributed by atoms with Crippen molar-refractivity contribution in [1.82, 2.24) is 10.2 Å². The third-order valence-corrected chi connectivity index (χ3v) is 4.69. The lowest BCUT2D eigenvalue weighted by Crippen LogP contribution is -2.44. The van der Waals surface area contributed by atoms with Crippen LogP contribution in [0, 0.1) is 5.82 Å². The van der Waals surface area contributed by atoms with Gasteiger partial charge in [-0.05, 0) is 42.6 Å². The van der Waals surface area contributed by atoms with Crippen LogP contribution in [0.15, 0.2) is 54.6 Å². The molecule has 2 atom stereocenters. The predicted octanol–water partition coefficient (Wildman–Crippen LogP) is 3.45. The van der Waals surface area contributed by atoms with Gasteiger partial charge in [0, 0.05) is 19.1 Å². The fourth-order valence-corrected chi connectivity index (χ4v) is 3.28. The number of hydrogen-bond acceptors (Lipinski definition) is 3. The molecule has 148 valence electrons. The molecule has 1 amide bonds. The molecule has 2 unspecified atom stereocenters. The van der Waals surface area contributed by atoms with Crippen LogP contribution in [0.25, 0.3) is 0 Å². The van der Waals surface area contributed by atoms with E-state index >= 15 is 0 Å². The van der Waals surface area contributed by atoms with Gasteiger partial charge in [0.05, 0.1) is 6.04 Å². The Kier molecular flexibility index (Phi) is 9.74. The molecule has 2 aromatic carbocycles. The van der Waals surface area contributed by atoms with Gasteiger partial charge in [0.2, 0.25) is 5.91 Å². The lowest BCUT2D eigenvalue weighted by atomic mass is 10.1. The van der Waals surface area contributed by atoms with E-state index in [1.807, 2.05) is 30.3 Å². The van der Waals surface area contributed by atoms with Crippen molar-refractivity contribution in [2.45, 2.75) is 31.5 Å². The minimum absolute atomic E-state index is 0. The molecule has 0 spiro atoms. The molecule has 1 heterocycles. The van der Waals surface area contributed by atoms with Crippen LogP contribution in [0.3, 0.4) is 0 Å². The van der Waals surface area contributed by atoms with E-state index in [2.05, 4.69) is 10.2 Å². The van der Waals surface area contributed by atoms with E-state index in [1.54, 1.807) is 12.1 Å². The average Bonchev–Trinajstić information content (AvgIpc) is 3.10. The number of halogens is 3. The normalized spacial score (nSPS) is 17.5. The van der Waals surface area contributed by atoms with Gasteiger partial charge in [0.25, 0.3) is 0 Å². The first-order valence-electron chi connectivity index (χ1n) is 8.70. The fourth-order valence-electron chi connectivity index (χ4n) is 3.28. The summed E-state index contributed by atoms with van der Waals surface area (Å²) in [5, 5.41) is 2.98. The molecule has 0 saturated carbocycles. The van der Waals surface area contributed by atoms with Crippen molar-refractivity contribution >= 4 is 30.7 Å². The van der Waals surface area contributed by atoms with Gasteiger partial charge in [-0.3, -0.25) is 9.69 Å². The quantitative estimate of drug-likeness (QED) is 0.762. The Morgan fingerprint density at radius 1 is 1.15 bits per heavy atom. The van der Waals surface area contributed by atoms with Gasteiger partial charge >= 0.3 is 0 Å². The van der Waals surface area contributed by atoms with Crippen molar-refractivity contribution < 1.29 is 9.18 Å². The van der Waals surface area contributed by atoms with Gasteiger partial charge in [0.15, 0.2) is 0 Å². The number of amides is 1. The molecule has 0 aromatic heterocycles. The number of rotatable bonds is 6. The molecule has 1 saturated heterocycles. The van der Waals surface area contributed by atoms with Crippen LogP contribution in [0.4, 0.5) is 4.39 Å². The summed E-state index contributed by atoms with van der Waals surface area (Å²) in [7, 11) is 0. The highest BCUT2D eigenvalue weighted by Gasteiger charge is 2.30. The number of nitrogens with two attached hydrogens (primary N) is 1. The molecule has 7 heteroatoms. The van der Waals surface area contributed by atoms with Gasteiger partial charge in [0.1, 0.15) is 5.82 Å². The topological polar surface area (TPSA) is 58.4 Å². The first kappa shape index (κ1) is 23.4. The van der Waals surface area contributed by atoms with Crippen molar-refractivity contribution in [3.8, 4) is 0 Å². The van der Waals surface area contributed by atoms with E-state index in [4.69, 9.17) is 5.73 Å². The predicted molar refractivity (Wildman–Crippen MR) is 111 cm³/mol. The molecule has 3 rings (SSSR count). The second-order valence-electron chi connectivity index (χ2n) is 6.52. The summed E-state index contributed by atoms with van der Waals surface area (Å²) >= 11 is 0. The van der Waals surface area contributed by atoms with E-state index in [1.165, 1.54) is 12.1 Å². The Bertz CT molecular complexity index is 700. The number of carbonyl (C=O) groups excluding carboxylic acids is 1. The zero-order valence-electron chi connectivity index (χ0n) is 15.0. The number of likely N-dealkylation sites (tertiary alicyclic amines) is 1. The molecule has 3 N–H and O–H groups in total. The largest absolute Gasteiger partial charge is 0.353 e. The Morgan fingerprint density at radius 3 is 2.48 bits per heavy atom. The van der Waals surface area contributed by atoms with Crippen LogP contribution in [0.2, 0.25) is 0 Å². The minimum atomic E-state index is -0.241. The minimum Gasteiger partial charge on any atom is -0.353 e. The van der Waals surface area contributed by atoms with E-state index in [-0.39, 0.29) is 48.6 Å². The van der Waals surface area contributed by atoms with Crippen molar-refractivity contribution in [3.05, 3.63) is 71.5 Å². The van der Waals surface area contributed by atoms with Crippen molar-refractivity contribution in [2.24, 2.45) is 5.73 Å². The molecule has 1 aliphatic heterocycles. The summed E-state index contributed by atoms with van der Waals surface area (Å²) < 4.78 is 13.0. The summed E-state index contributed by atoms with van der Waals surface area (Å²) in [5.41, 5.74) is 8.18. The number of nitrogens with one attached hydrogen (secondary N) is 1. The van der Waals surface area contributed by atoms with Crippen LogP contribution in [0.1, 0.15) is 30.0 Å². The Hall–Kier alpha value is -1.66. The third kappa shape index (κ3) is 6.47. The number of carbonyl (C=O) groups is 1. The van der Waals surface area contributed by atoms with Crippen LogP contribution < -0.4 is 11.1 Å². The molecular formula is C20H26Cl2FN3O. The Labute approximate surface area is 172 Å². The van der Waals surface area contributed by atoms with Crippen molar-refractivity contribution in [1.29, 1.82) is 0 Å². The highest BCUT2D eigenvalue weighted by Crippen LogP contribution is 2.20. The zero-order chi connectivity index (χ0) is 17.6. The fraction of sp³-hybridized carbons (Fsp3) is 0.350. The summed E-state index contributed by atoms with van der Waals surface area (Å²) in [4.78, 5) is 14.7. The maximum Gasteiger partial charge on any atom is 0.237 e. The molecule has 0 radical (unpaired) electrons. The molecule has 0 bridgehead atoms. The van der Waals surface area contributed by atoms with Crippen LogP contribution in [0.5, 0.6) is 0 Å². The molecule has 0 aliphatic carbocycles. The molecule has 27 heavy (non-hydrogen) atoms. The Balaban J connectivity index is 0.00000182. The van der Waals surface area contributed by atoms with Crippen LogP contribution >= 0.6 is 24.8 Å². The van der Waals surface area contributed by atoms with Gasteiger partial charge in [-0.2, -0.15) is 0 Å². The van der Waals surface area contributed by atoms with Crippen molar-refractivity contribution in [2.75, 3.05) is 13.1 Å². The van der Waals surface area contributed by atoms with E-state index < -0.39 is 0 Å². The number of hydrogen-bond donors (Lipinski definition) is 2. The first-order valence-corrected chi connectivity index (χ1v) is 8.70. The summed E-state index contributed by atoms with van der Waals surface area (Å²) in [5.74, 6) is -0.222. The lowest BCUT2D eigenvalue weighted by Gasteiger charge is -2.24. The summed E-state index contributed by atoms with van der Waals surface area (Å²) in [6.45, 7) is 1.95. The highest BCUT2D eigenvalue weighted by atomic mass is 35.5. The maximum absolute atomic E-state index is 13.0. The zero-order valence-corrected chi connectivity index (χ0v) is 16.6. The summed E-state index contributed by atoms with van der Waals surface area (Å²) in [6, 6.07) is 15.9. The van der Waals surface area contributed by atoms with E-state index in [0.29, 0.717) is 13.1 Å². The summed E-state index contributed by atoms with van der Waals surface area (Å²) in [6.07, 6.45) is 1.83. The average molecular weight is 414 g/mol. The number of nitrogens with zero attached hydrogens (tertiary/aromatic N) is 1. The van der Waals surface area contributed by atoms with Crippen molar-refractivity contribution in [3.63, 3.8) is 0 Å². The standard InChI is InChI=1S/C20H24FN3O.2ClH/c21-17-10-8-15(9-11-17)14-24-12-4-7-19(24)20(25)23-13-18(22)16-5-2-1-3-6-16;;/h1-3,5-6,8-11,18-19H,4,7,12-14,22H2,(H,23,25);2*1H. The van der Waals surface area contributed by atoms with Crippen LogP contribution in [-0.4, -0.2) is 29.9 Å². The Morgan fingerprint density at radius 2 is 1.81 bits per heavy atom. The van der Waals surface area contributed by atoms with Gasteiger partial charge in [-0.25, -0.2) is 4.39 Å². The molecule has 1 aliphatic rings. The lowest BCUT2D eigenvalue weighted by molar-refractivity contribution is -0.125. The van der Waals surface area contributed by atoms with Gasteiger partial charge < -0.3 is 11.1 Å². The molecule has 1 fully saturated rings. The number of benzene rings is 2. The SMILES string of the molecule is Cl.Cl.NC(CNC(=O)C1CCCN1Cc1ccc(F)cc1)c1ccccc1. The molecular weight excluding hydrogens is 388 g/mol. The van der Waals surface area contributed by atoms with Gasteiger partial charge in [-0.15, -0.1) is 24.8 Å². The highest BCUT2D eigenvalue weighted by molar-refractivity contribution is 5.85. The van der Waals surface area contributed by atoms with Gasteiger partial charge in [-0.1, -0.05) is 42.5 Å². The maximum atomic E-state index is 13.0. The second-order valence-corrected chi connectivity index (χ2v) is 6.52. The molecule has 2 aromatic rings. The monoisotopic (exact) mass is 413 g/mol. The first-order chi connectivity index (χ1) is 12.1.